The second-order valence-corrected chi connectivity index (χ2v) is 5.35. The minimum Gasteiger partial charge on any atom is -0.481 e. The first kappa shape index (κ1) is 19.7. The summed E-state index contributed by atoms with van der Waals surface area (Å²) >= 11 is 0. The Bertz CT molecular complexity index is 742. The molecule has 8 N–H and O–H groups in total. The average molecular weight is 354 g/mol. The van der Waals surface area contributed by atoms with Gasteiger partial charge >= 0.3 is 23.9 Å². The Morgan fingerprint density at radius 2 is 1.00 bits per heavy atom. The molecule has 0 radical (unpaired) electrons. The van der Waals surface area contributed by atoms with Gasteiger partial charge in [-0.25, -0.2) is 0 Å². The van der Waals surface area contributed by atoms with E-state index in [4.69, 9.17) is 31.9 Å². The summed E-state index contributed by atoms with van der Waals surface area (Å²) in [5, 5.41) is 36.0. The predicted octanol–water partition coefficient (Wildman–Crippen LogP) is -0.250. The van der Waals surface area contributed by atoms with Crippen LogP contribution in [0.15, 0.2) is 0 Å². The standard InChI is InChI=1S/C15H18N2O8/c16-14-6(1-2-10(18)19)7(3-11(20)21)8(4-12(22)23)15(17)9(14)5-13(24)25/h1-5,16-17H2,(H,18,19)(H,20,21)(H,22,23)(H,24,25). The van der Waals surface area contributed by atoms with Crippen molar-refractivity contribution in [3.63, 3.8) is 0 Å². The van der Waals surface area contributed by atoms with Gasteiger partial charge in [0.1, 0.15) is 0 Å². The molecule has 0 bridgehead atoms. The van der Waals surface area contributed by atoms with Gasteiger partial charge in [0.25, 0.3) is 0 Å². The zero-order valence-electron chi connectivity index (χ0n) is 13.1. The zero-order chi connectivity index (χ0) is 19.3. The van der Waals surface area contributed by atoms with E-state index in [2.05, 4.69) is 0 Å². The zero-order valence-corrected chi connectivity index (χ0v) is 13.1. The molecule has 136 valence electrons. The van der Waals surface area contributed by atoms with Crippen molar-refractivity contribution in [3.8, 4) is 0 Å². The van der Waals surface area contributed by atoms with E-state index in [1.807, 2.05) is 0 Å². The van der Waals surface area contributed by atoms with Gasteiger partial charge in [-0.05, 0) is 23.1 Å². The molecule has 0 saturated carbocycles. The molecule has 1 aromatic rings. The number of aliphatic carboxylic acids is 4. The number of nitrogens with two attached hydrogens (primary N) is 2. The number of anilines is 2. The normalized spacial score (nSPS) is 10.4. The number of carboxylic acid groups (broad SMARTS) is 4. The Morgan fingerprint density at radius 1 is 0.600 bits per heavy atom. The number of carbonyl (C=O) groups is 4. The Labute approximate surface area is 141 Å². The molecule has 0 saturated heterocycles. The van der Waals surface area contributed by atoms with E-state index < -0.39 is 43.1 Å². The van der Waals surface area contributed by atoms with Crippen LogP contribution in [0.1, 0.15) is 28.7 Å². The molecule has 1 rings (SSSR count). The third kappa shape index (κ3) is 5.09. The first-order chi connectivity index (χ1) is 11.5. The van der Waals surface area contributed by atoms with Gasteiger partial charge in [-0.2, -0.15) is 0 Å². The van der Waals surface area contributed by atoms with Crippen LogP contribution < -0.4 is 11.5 Å². The highest BCUT2D eigenvalue weighted by Gasteiger charge is 2.25. The molecule has 0 aliphatic carbocycles. The van der Waals surface area contributed by atoms with E-state index in [0.29, 0.717) is 0 Å². The minimum atomic E-state index is -1.30. The van der Waals surface area contributed by atoms with Crippen LogP contribution >= 0.6 is 0 Å². The lowest BCUT2D eigenvalue weighted by Crippen LogP contribution is -2.19. The SMILES string of the molecule is Nc1c(CC(=O)O)c(N)c(CC(=O)O)c(CC(=O)O)c1CCC(=O)O. The smallest absolute Gasteiger partial charge is 0.307 e. The fourth-order valence-corrected chi connectivity index (χ4v) is 2.59. The van der Waals surface area contributed by atoms with Crippen molar-refractivity contribution in [3.05, 3.63) is 22.3 Å². The summed E-state index contributed by atoms with van der Waals surface area (Å²) in [6, 6.07) is 0. The van der Waals surface area contributed by atoms with Crippen LogP contribution in [0.4, 0.5) is 11.4 Å². The molecular formula is C15H18N2O8. The molecule has 0 heterocycles. The predicted molar refractivity (Wildman–Crippen MR) is 85.2 cm³/mol. The summed E-state index contributed by atoms with van der Waals surface area (Å²) in [6.45, 7) is 0. The topological polar surface area (TPSA) is 201 Å². The number of hydrogen-bond acceptors (Lipinski definition) is 6. The maximum absolute atomic E-state index is 11.1. The van der Waals surface area contributed by atoms with Crippen LogP contribution in [-0.4, -0.2) is 44.3 Å². The van der Waals surface area contributed by atoms with E-state index in [9.17, 15) is 19.2 Å². The molecule has 0 unspecified atom stereocenters. The van der Waals surface area contributed by atoms with E-state index in [0.717, 1.165) is 0 Å². The highest BCUT2D eigenvalue weighted by Crippen LogP contribution is 2.35. The van der Waals surface area contributed by atoms with Gasteiger partial charge in [0.05, 0.1) is 19.3 Å². The largest absolute Gasteiger partial charge is 0.481 e. The molecule has 25 heavy (non-hydrogen) atoms. The summed E-state index contributed by atoms with van der Waals surface area (Å²) in [7, 11) is 0. The minimum absolute atomic E-state index is 0.0142. The fraction of sp³-hybridized carbons (Fsp3) is 0.333. The fourth-order valence-electron chi connectivity index (χ4n) is 2.59. The quantitative estimate of drug-likeness (QED) is 0.321. The maximum atomic E-state index is 11.1. The van der Waals surface area contributed by atoms with Gasteiger partial charge < -0.3 is 31.9 Å². The summed E-state index contributed by atoms with van der Waals surface area (Å²) in [6.07, 6.45) is -2.42. The Morgan fingerprint density at radius 3 is 1.44 bits per heavy atom. The Balaban J connectivity index is 3.71. The summed E-state index contributed by atoms with van der Waals surface area (Å²) in [4.78, 5) is 44.1. The molecule has 1 aromatic carbocycles. The van der Waals surface area contributed by atoms with Gasteiger partial charge in [-0.3, -0.25) is 19.2 Å². The molecule has 0 aliphatic heterocycles. The molecule has 0 spiro atoms. The Kier molecular flexibility index (Phi) is 6.31. The van der Waals surface area contributed by atoms with Crippen LogP contribution in [0.3, 0.4) is 0 Å². The second-order valence-electron chi connectivity index (χ2n) is 5.35. The average Bonchev–Trinajstić information content (AvgIpc) is 2.46. The molecular weight excluding hydrogens is 336 g/mol. The van der Waals surface area contributed by atoms with Crippen molar-refractivity contribution in [1.82, 2.24) is 0 Å². The Hall–Kier alpha value is -3.30. The monoisotopic (exact) mass is 354 g/mol. The van der Waals surface area contributed by atoms with Crippen LogP contribution in [0.5, 0.6) is 0 Å². The van der Waals surface area contributed by atoms with E-state index in [1.165, 1.54) is 0 Å². The van der Waals surface area contributed by atoms with Gasteiger partial charge in [0, 0.05) is 23.4 Å². The molecule has 10 nitrogen and oxygen atoms in total. The third-order valence-corrected chi connectivity index (χ3v) is 3.60. The van der Waals surface area contributed by atoms with Crippen molar-refractivity contribution in [2.75, 3.05) is 11.5 Å². The van der Waals surface area contributed by atoms with Crippen molar-refractivity contribution in [2.24, 2.45) is 0 Å². The van der Waals surface area contributed by atoms with Crippen LogP contribution in [0, 0.1) is 0 Å². The molecule has 0 amide bonds. The molecule has 10 heteroatoms. The summed E-state index contributed by atoms with van der Waals surface area (Å²) < 4.78 is 0. The summed E-state index contributed by atoms with van der Waals surface area (Å²) in [5.74, 6) is -5.02. The van der Waals surface area contributed by atoms with E-state index in [-0.39, 0.29) is 46.5 Å². The molecule has 0 aliphatic rings. The molecule has 0 atom stereocenters. The van der Waals surface area contributed by atoms with Gasteiger partial charge in [0.2, 0.25) is 0 Å². The maximum Gasteiger partial charge on any atom is 0.307 e. The van der Waals surface area contributed by atoms with Crippen molar-refractivity contribution >= 4 is 35.3 Å². The van der Waals surface area contributed by atoms with E-state index >= 15 is 0 Å². The lowest BCUT2D eigenvalue weighted by Gasteiger charge is -2.21. The van der Waals surface area contributed by atoms with E-state index in [1.54, 1.807) is 0 Å². The third-order valence-electron chi connectivity index (χ3n) is 3.60. The number of rotatable bonds is 9. The lowest BCUT2D eigenvalue weighted by atomic mass is 9.86. The second kappa shape index (κ2) is 7.99. The van der Waals surface area contributed by atoms with Gasteiger partial charge in [0.15, 0.2) is 0 Å². The number of nitrogen functional groups attached to an aromatic ring is 2. The van der Waals surface area contributed by atoms with Crippen LogP contribution in [0.25, 0.3) is 0 Å². The highest BCUT2D eigenvalue weighted by atomic mass is 16.4. The van der Waals surface area contributed by atoms with Gasteiger partial charge in [-0.15, -0.1) is 0 Å². The van der Waals surface area contributed by atoms with Gasteiger partial charge in [-0.1, -0.05) is 0 Å². The molecule has 0 fully saturated rings. The number of carboxylic acids is 4. The number of hydrogen-bond donors (Lipinski definition) is 6. The first-order valence-electron chi connectivity index (χ1n) is 7.12. The highest BCUT2D eigenvalue weighted by molar-refractivity contribution is 5.86. The van der Waals surface area contributed by atoms with Crippen LogP contribution in [0.2, 0.25) is 0 Å². The first-order valence-corrected chi connectivity index (χ1v) is 7.12. The lowest BCUT2D eigenvalue weighted by molar-refractivity contribution is -0.138. The van der Waals surface area contributed by atoms with Crippen molar-refractivity contribution in [1.29, 1.82) is 0 Å². The van der Waals surface area contributed by atoms with Crippen molar-refractivity contribution < 1.29 is 39.6 Å². The summed E-state index contributed by atoms with van der Waals surface area (Å²) in [5.41, 5.74) is 11.5. The number of benzene rings is 1. The van der Waals surface area contributed by atoms with Crippen LogP contribution in [-0.2, 0) is 44.9 Å². The van der Waals surface area contributed by atoms with Crippen molar-refractivity contribution in [2.45, 2.75) is 32.1 Å². The molecule has 0 aromatic heterocycles.